The number of likely N-dealkylation sites (N-methyl/N-ethyl adjacent to an activating group) is 2. The van der Waals surface area contributed by atoms with Gasteiger partial charge in [-0.2, -0.15) is 0 Å². The van der Waals surface area contributed by atoms with Crippen LogP contribution in [0.15, 0.2) is 54.6 Å². The van der Waals surface area contributed by atoms with Gasteiger partial charge in [0.05, 0.1) is 36.8 Å². The van der Waals surface area contributed by atoms with Crippen molar-refractivity contribution in [2.45, 2.75) is 124 Å². The Morgan fingerprint density at radius 3 is 2.05 bits per heavy atom. The van der Waals surface area contributed by atoms with Crippen molar-refractivity contribution in [1.29, 1.82) is 0 Å². The van der Waals surface area contributed by atoms with E-state index >= 15 is 0 Å². The van der Waals surface area contributed by atoms with Crippen LogP contribution in [-0.2, 0) is 39.9 Å². The van der Waals surface area contributed by atoms with Crippen LogP contribution >= 0.6 is 0 Å². The summed E-state index contributed by atoms with van der Waals surface area (Å²) in [6, 6.07) is 15.4. The van der Waals surface area contributed by atoms with Crippen LogP contribution in [0.5, 0.6) is 0 Å². The van der Waals surface area contributed by atoms with E-state index in [0.717, 1.165) is 18.4 Å². The number of ketones is 2. The molecule has 1 heterocycles. The quantitative estimate of drug-likeness (QED) is 0.102. The molecule has 0 radical (unpaired) electrons. The van der Waals surface area contributed by atoms with Gasteiger partial charge in [0.2, 0.25) is 17.7 Å². The van der Waals surface area contributed by atoms with Crippen LogP contribution in [-0.4, -0.2) is 104 Å². The zero-order valence-electron chi connectivity index (χ0n) is 37.5. The topological polar surface area (TPSA) is 160 Å². The predicted octanol–water partition coefficient (Wildman–Crippen LogP) is 6.42. The molecule has 1 aliphatic rings. The van der Waals surface area contributed by atoms with Crippen molar-refractivity contribution in [1.82, 2.24) is 15.1 Å². The molecule has 12 nitrogen and oxygen atoms in total. The molecule has 0 bridgehead atoms. The molecular formula is C47H73N5O7. The van der Waals surface area contributed by atoms with Crippen molar-refractivity contribution in [3.8, 4) is 0 Å². The third kappa shape index (κ3) is 13.4. The lowest BCUT2D eigenvalue weighted by Gasteiger charge is -2.41. The minimum absolute atomic E-state index is 0.00383. The van der Waals surface area contributed by atoms with Gasteiger partial charge in [-0.3, -0.25) is 24.0 Å². The van der Waals surface area contributed by atoms with Gasteiger partial charge in [0, 0.05) is 69.8 Å². The largest absolute Gasteiger partial charge is 0.399 e. The van der Waals surface area contributed by atoms with Crippen molar-refractivity contribution in [2.75, 3.05) is 45.9 Å². The third-order valence-electron chi connectivity index (χ3n) is 12.5. The van der Waals surface area contributed by atoms with Crippen LogP contribution in [0.2, 0.25) is 0 Å². The average Bonchev–Trinajstić information content (AvgIpc) is 3.70. The number of amides is 3. The van der Waals surface area contributed by atoms with Gasteiger partial charge in [0.1, 0.15) is 5.78 Å². The van der Waals surface area contributed by atoms with Crippen LogP contribution in [0, 0.1) is 35.5 Å². The Labute approximate surface area is 353 Å². The molecule has 1 saturated heterocycles. The molecule has 0 aromatic heterocycles. The summed E-state index contributed by atoms with van der Waals surface area (Å²) in [4.78, 5) is 73.4. The number of Topliss-reactive ketones (excluding diaryl/α,β-unsaturated/α-hetero) is 2. The number of methoxy groups -OCH3 is 2. The van der Waals surface area contributed by atoms with Crippen molar-refractivity contribution in [3.63, 3.8) is 0 Å². The number of nitrogens with zero attached hydrogens (tertiary/aromatic N) is 2. The number of anilines is 2. The molecule has 12 heteroatoms. The standard InChI is InChI=1S/C47H73N5O7/c1-12-31(6)44(51(9)47(57)37(29(2)3)27-40(54)43(49-8)30(4)5)41(58-10)28-42(55)52-24-16-19-38(52)45(59-11)32(7)39(53)26-34(25-33-17-14-13-15-18-33)46(56)50-36-22-20-35(48)21-23-36/h13-15,17-18,20-23,29-32,34,37-38,41,43-45,49H,12,16,19,24-28,48H2,1-11H3,(H,50,56)/t31-,32-,34+,37-,38-,41+,43-,44-,45+/m0/s1. The molecule has 2 aromatic carbocycles. The highest BCUT2D eigenvalue weighted by Gasteiger charge is 2.43. The molecule has 2 aromatic rings. The fourth-order valence-corrected chi connectivity index (χ4v) is 8.82. The summed E-state index contributed by atoms with van der Waals surface area (Å²) < 4.78 is 12.1. The summed E-state index contributed by atoms with van der Waals surface area (Å²) in [6.45, 7) is 14.4. The molecule has 9 atom stereocenters. The minimum Gasteiger partial charge on any atom is -0.399 e. The van der Waals surface area contributed by atoms with E-state index in [9.17, 15) is 24.0 Å². The van der Waals surface area contributed by atoms with E-state index in [1.165, 1.54) is 0 Å². The predicted molar refractivity (Wildman–Crippen MR) is 235 cm³/mol. The number of nitrogen functional groups attached to an aromatic ring is 1. The first-order valence-electron chi connectivity index (χ1n) is 21.5. The molecule has 4 N–H and O–H groups in total. The second-order valence-electron chi connectivity index (χ2n) is 17.3. The SMILES string of the molecule is CC[C@H](C)[C@@H]([C@@H](CC(=O)N1CCC[C@H]1[C@H](OC)[C@@H](C)C(=O)C[C@@H](Cc1ccccc1)C(=O)Nc1ccc(N)cc1)OC)N(C)C(=O)[C@@H](CC(=O)[C@@H](NC)C(C)C)C(C)C. The third-order valence-corrected chi connectivity index (χ3v) is 12.5. The molecule has 59 heavy (non-hydrogen) atoms. The summed E-state index contributed by atoms with van der Waals surface area (Å²) in [6.07, 6.45) is 1.47. The smallest absolute Gasteiger partial charge is 0.228 e. The number of hydrogen-bond donors (Lipinski definition) is 3. The fraction of sp³-hybridized carbons (Fsp3) is 0.638. The lowest BCUT2D eigenvalue weighted by Crippen LogP contribution is -2.54. The van der Waals surface area contributed by atoms with Crippen molar-refractivity contribution >= 4 is 40.7 Å². The number of nitrogens with one attached hydrogen (secondary N) is 2. The lowest BCUT2D eigenvalue weighted by molar-refractivity contribution is -0.149. The Bertz CT molecular complexity index is 1650. The number of benzene rings is 2. The van der Waals surface area contributed by atoms with Gasteiger partial charge < -0.3 is 35.6 Å². The minimum atomic E-state index is -0.642. The molecule has 1 fully saturated rings. The van der Waals surface area contributed by atoms with Gasteiger partial charge in [-0.1, -0.05) is 85.2 Å². The Kier molecular flexibility index (Phi) is 19.7. The number of nitrogens with two attached hydrogens (primary N) is 1. The maximum atomic E-state index is 14.4. The van der Waals surface area contributed by atoms with E-state index in [0.29, 0.717) is 30.8 Å². The second-order valence-corrected chi connectivity index (χ2v) is 17.3. The summed E-state index contributed by atoms with van der Waals surface area (Å²) in [5, 5.41) is 6.07. The first kappa shape index (κ1) is 49.2. The second kappa shape index (κ2) is 23.6. The van der Waals surface area contributed by atoms with Crippen LogP contribution in [0.3, 0.4) is 0 Å². The Balaban J connectivity index is 1.80. The zero-order valence-corrected chi connectivity index (χ0v) is 37.5. The average molecular weight is 820 g/mol. The number of hydrogen-bond acceptors (Lipinski definition) is 9. The van der Waals surface area contributed by atoms with E-state index in [-0.39, 0.29) is 78.4 Å². The molecule has 3 amide bonds. The first-order valence-corrected chi connectivity index (χ1v) is 21.5. The van der Waals surface area contributed by atoms with Crippen molar-refractivity contribution < 1.29 is 33.4 Å². The molecule has 0 unspecified atom stereocenters. The molecule has 0 aliphatic carbocycles. The molecule has 328 valence electrons. The van der Waals surface area contributed by atoms with Gasteiger partial charge in [-0.15, -0.1) is 0 Å². The number of carbonyl (C=O) groups excluding carboxylic acids is 5. The Morgan fingerprint density at radius 2 is 1.51 bits per heavy atom. The molecule has 0 spiro atoms. The number of likely N-dealkylation sites (tertiary alicyclic amines) is 1. The summed E-state index contributed by atoms with van der Waals surface area (Å²) in [5.74, 6) is -2.42. The van der Waals surface area contributed by atoms with Crippen molar-refractivity contribution in [3.05, 3.63) is 60.2 Å². The van der Waals surface area contributed by atoms with Gasteiger partial charge in [-0.25, -0.2) is 0 Å². The molecular weight excluding hydrogens is 747 g/mol. The lowest BCUT2D eigenvalue weighted by atomic mass is 9.84. The summed E-state index contributed by atoms with van der Waals surface area (Å²) in [7, 11) is 6.68. The van der Waals surface area contributed by atoms with Crippen molar-refractivity contribution in [2.24, 2.45) is 35.5 Å². The molecule has 0 saturated carbocycles. The number of ether oxygens (including phenoxy) is 2. The van der Waals surface area contributed by atoms with Crippen LogP contribution in [0.1, 0.15) is 92.6 Å². The van der Waals surface area contributed by atoms with E-state index < -0.39 is 36.0 Å². The Morgan fingerprint density at radius 1 is 0.864 bits per heavy atom. The van der Waals surface area contributed by atoms with E-state index in [2.05, 4.69) is 24.5 Å². The molecule has 1 aliphatic heterocycles. The number of rotatable bonds is 24. The van der Waals surface area contributed by atoms with Crippen LogP contribution in [0.25, 0.3) is 0 Å². The van der Waals surface area contributed by atoms with Gasteiger partial charge in [0.25, 0.3) is 0 Å². The highest BCUT2D eigenvalue weighted by Crippen LogP contribution is 2.32. The van der Waals surface area contributed by atoms with E-state index in [1.54, 1.807) is 57.5 Å². The highest BCUT2D eigenvalue weighted by atomic mass is 16.5. The Hall–Kier alpha value is -4.13. The first-order chi connectivity index (χ1) is 28.0. The monoisotopic (exact) mass is 820 g/mol. The highest BCUT2D eigenvalue weighted by molar-refractivity contribution is 5.96. The van der Waals surface area contributed by atoms with Gasteiger partial charge >= 0.3 is 0 Å². The normalized spacial score (nSPS) is 18.4. The van der Waals surface area contributed by atoms with Gasteiger partial charge in [0.15, 0.2) is 5.78 Å². The van der Waals surface area contributed by atoms with E-state index in [4.69, 9.17) is 15.2 Å². The molecule has 3 rings (SSSR count). The van der Waals surface area contributed by atoms with E-state index in [1.807, 2.05) is 69.9 Å². The maximum absolute atomic E-state index is 14.4. The summed E-state index contributed by atoms with van der Waals surface area (Å²) >= 11 is 0. The van der Waals surface area contributed by atoms with Gasteiger partial charge in [-0.05, 0) is 73.9 Å². The van der Waals surface area contributed by atoms with Crippen LogP contribution < -0.4 is 16.4 Å². The summed E-state index contributed by atoms with van der Waals surface area (Å²) in [5.41, 5.74) is 7.97. The zero-order chi connectivity index (χ0) is 44.0. The van der Waals surface area contributed by atoms with Crippen LogP contribution in [0.4, 0.5) is 11.4 Å². The number of carbonyl (C=O) groups is 5. The fourth-order valence-electron chi connectivity index (χ4n) is 8.82. The maximum Gasteiger partial charge on any atom is 0.228 e.